The lowest BCUT2D eigenvalue weighted by atomic mass is 10.0. The van der Waals surface area contributed by atoms with E-state index in [9.17, 15) is 9.59 Å². The van der Waals surface area contributed by atoms with Gasteiger partial charge in [0.2, 0.25) is 0 Å². The van der Waals surface area contributed by atoms with E-state index in [1.807, 2.05) is 56.3 Å². The molecule has 0 aliphatic carbocycles. The van der Waals surface area contributed by atoms with Gasteiger partial charge < -0.3 is 10.1 Å². The average Bonchev–Trinajstić information content (AvgIpc) is 2.59. The van der Waals surface area contributed by atoms with Crippen LogP contribution in [0.5, 0.6) is 0 Å². The molecule has 0 aromatic heterocycles. The second-order valence-corrected chi connectivity index (χ2v) is 5.66. The first kappa shape index (κ1) is 16.7. The maximum atomic E-state index is 12.3. The lowest BCUT2D eigenvalue weighted by molar-refractivity contribution is -0.144. The Labute approximate surface area is 136 Å². The maximum absolute atomic E-state index is 12.3. The van der Waals surface area contributed by atoms with Crippen LogP contribution in [0.25, 0.3) is 11.1 Å². The summed E-state index contributed by atoms with van der Waals surface area (Å²) in [6.07, 6.45) is 0. The Morgan fingerprint density at radius 1 is 0.913 bits per heavy atom. The monoisotopic (exact) mass is 311 g/mol. The van der Waals surface area contributed by atoms with Crippen LogP contribution in [0.4, 0.5) is 0 Å². The second-order valence-electron chi connectivity index (χ2n) is 5.66. The zero-order valence-corrected chi connectivity index (χ0v) is 13.6. The molecule has 2 aromatic rings. The number of rotatable bonds is 5. The van der Waals surface area contributed by atoms with Crippen LogP contribution in [0.3, 0.4) is 0 Å². The van der Waals surface area contributed by atoms with Gasteiger partial charge in [-0.15, -0.1) is 0 Å². The topological polar surface area (TPSA) is 55.4 Å². The zero-order chi connectivity index (χ0) is 16.8. The molecular formula is C19H21NO3. The lowest BCUT2D eigenvalue weighted by Crippen LogP contribution is -2.45. The minimum absolute atomic E-state index is 0.0463. The third-order valence-electron chi connectivity index (χ3n) is 3.66. The van der Waals surface area contributed by atoms with E-state index in [4.69, 9.17) is 4.74 Å². The Bertz CT molecular complexity index is 663. The van der Waals surface area contributed by atoms with Gasteiger partial charge in [0.1, 0.15) is 6.04 Å². The first-order valence-electron chi connectivity index (χ1n) is 7.57. The lowest BCUT2D eigenvalue weighted by Gasteiger charge is -2.19. The second kappa shape index (κ2) is 7.58. The van der Waals surface area contributed by atoms with Crippen LogP contribution in [0.1, 0.15) is 24.2 Å². The van der Waals surface area contributed by atoms with Crippen LogP contribution in [0.2, 0.25) is 0 Å². The number of methoxy groups -OCH3 is 1. The Morgan fingerprint density at radius 3 is 2.00 bits per heavy atom. The molecule has 0 saturated carbocycles. The first-order valence-corrected chi connectivity index (χ1v) is 7.57. The minimum Gasteiger partial charge on any atom is -0.467 e. The van der Waals surface area contributed by atoms with E-state index in [0.717, 1.165) is 11.1 Å². The van der Waals surface area contributed by atoms with Crippen molar-refractivity contribution in [2.45, 2.75) is 19.9 Å². The van der Waals surface area contributed by atoms with Crippen LogP contribution in [-0.2, 0) is 9.53 Å². The molecule has 1 atom stereocenters. The summed E-state index contributed by atoms with van der Waals surface area (Å²) in [6.45, 7) is 3.72. The van der Waals surface area contributed by atoms with E-state index in [2.05, 4.69) is 5.32 Å². The van der Waals surface area contributed by atoms with Gasteiger partial charge in [-0.2, -0.15) is 0 Å². The van der Waals surface area contributed by atoms with Crippen LogP contribution >= 0.6 is 0 Å². The number of hydrogen-bond acceptors (Lipinski definition) is 3. The molecule has 2 aromatic carbocycles. The molecule has 2 rings (SSSR count). The van der Waals surface area contributed by atoms with Crippen molar-refractivity contribution in [3.05, 3.63) is 60.2 Å². The van der Waals surface area contributed by atoms with Gasteiger partial charge in [0.15, 0.2) is 0 Å². The largest absolute Gasteiger partial charge is 0.467 e. The SMILES string of the molecule is COC(=O)[C@@H](NC(=O)c1ccc(-c2ccccc2)cc1)C(C)C. The van der Waals surface area contributed by atoms with Crippen LogP contribution in [0.15, 0.2) is 54.6 Å². The molecule has 4 heteroatoms. The molecule has 120 valence electrons. The fourth-order valence-electron chi connectivity index (χ4n) is 2.29. The molecule has 0 aliphatic rings. The Balaban J connectivity index is 2.12. The van der Waals surface area contributed by atoms with Gasteiger partial charge in [0, 0.05) is 5.56 Å². The van der Waals surface area contributed by atoms with Gasteiger partial charge in [0.25, 0.3) is 5.91 Å². The van der Waals surface area contributed by atoms with E-state index in [1.54, 1.807) is 12.1 Å². The fraction of sp³-hybridized carbons (Fsp3) is 0.263. The van der Waals surface area contributed by atoms with Crippen LogP contribution in [-0.4, -0.2) is 25.0 Å². The van der Waals surface area contributed by atoms with E-state index in [-0.39, 0.29) is 11.8 Å². The molecule has 0 unspecified atom stereocenters. The predicted molar refractivity (Wildman–Crippen MR) is 90.0 cm³/mol. The molecule has 0 spiro atoms. The van der Waals surface area contributed by atoms with Crippen LogP contribution in [0, 0.1) is 5.92 Å². The smallest absolute Gasteiger partial charge is 0.328 e. The summed E-state index contributed by atoms with van der Waals surface area (Å²) in [5.74, 6) is -0.766. The highest BCUT2D eigenvalue weighted by Gasteiger charge is 2.25. The highest BCUT2D eigenvalue weighted by Crippen LogP contribution is 2.19. The van der Waals surface area contributed by atoms with E-state index >= 15 is 0 Å². The number of hydrogen-bond donors (Lipinski definition) is 1. The summed E-state index contributed by atoms with van der Waals surface area (Å²) in [5.41, 5.74) is 2.64. The van der Waals surface area contributed by atoms with Crippen molar-refractivity contribution in [3.63, 3.8) is 0 Å². The number of esters is 1. The third-order valence-corrected chi connectivity index (χ3v) is 3.66. The Kier molecular flexibility index (Phi) is 5.52. The van der Waals surface area contributed by atoms with Gasteiger partial charge in [0.05, 0.1) is 7.11 Å². The maximum Gasteiger partial charge on any atom is 0.328 e. The van der Waals surface area contributed by atoms with Gasteiger partial charge >= 0.3 is 5.97 Å². The summed E-state index contributed by atoms with van der Waals surface area (Å²) >= 11 is 0. The third kappa shape index (κ3) is 4.19. The molecule has 23 heavy (non-hydrogen) atoms. The van der Waals surface area contributed by atoms with Gasteiger partial charge in [-0.05, 0) is 29.2 Å². The number of nitrogens with one attached hydrogen (secondary N) is 1. The highest BCUT2D eigenvalue weighted by atomic mass is 16.5. The summed E-state index contributed by atoms with van der Waals surface area (Å²) in [6, 6.07) is 16.6. The standard InChI is InChI=1S/C19H21NO3/c1-13(2)17(19(22)23-3)20-18(21)16-11-9-15(10-12-16)14-7-5-4-6-8-14/h4-13,17H,1-3H3,(H,20,21)/t17-/m0/s1. The number of ether oxygens (including phenoxy) is 1. The van der Waals surface area contributed by atoms with Crippen molar-refractivity contribution >= 4 is 11.9 Å². The number of benzene rings is 2. The quantitative estimate of drug-likeness (QED) is 0.862. The van der Waals surface area contributed by atoms with Crippen molar-refractivity contribution in [2.75, 3.05) is 7.11 Å². The predicted octanol–water partition coefficient (Wildman–Crippen LogP) is 3.28. The molecule has 0 aliphatic heterocycles. The van der Waals surface area contributed by atoms with Gasteiger partial charge in [-0.3, -0.25) is 4.79 Å². The Hall–Kier alpha value is -2.62. The van der Waals surface area contributed by atoms with Crippen molar-refractivity contribution in [2.24, 2.45) is 5.92 Å². The molecular weight excluding hydrogens is 290 g/mol. The fourth-order valence-corrected chi connectivity index (χ4v) is 2.29. The van der Waals surface area contributed by atoms with Gasteiger partial charge in [-0.1, -0.05) is 56.3 Å². The first-order chi connectivity index (χ1) is 11.0. The number of carbonyl (C=O) groups excluding carboxylic acids is 2. The zero-order valence-electron chi connectivity index (χ0n) is 13.6. The molecule has 0 radical (unpaired) electrons. The average molecular weight is 311 g/mol. The molecule has 0 heterocycles. The molecule has 0 fully saturated rings. The number of amides is 1. The van der Waals surface area contributed by atoms with Crippen molar-refractivity contribution in [3.8, 4) is 11.1 Å². The summed E-state index contributed by atoms with van der Waals surface area (Å²) in [5, 5.41) is 2.73. The van der Waals surface area contributed by atoms with Crippen LogP contribution < -0.4 is 5.32 Å². The van der Waals surface area contributed by atoms with Gasteiger partial charge in [-0.25, -0.2) is 4.79 Å². The summed E-state index contributed by atoms with van der Waals surface area (Å²) in [4.78, 5) is 24.0. The van der Waals surface area contributed by atoms with E-state index < -0.39 is 12.0 Å². The minimum atomic E-state index is -0.652. The van der Waals surface area contributed by atoms with Crippen molar-refractivity contribution < 1.29 is 14.3 Å². The molecule has 1 amide bonds. The summed E-state index contributed by atoms with van der Waals surface area (Å²) in [7, 11) is 1.32. The number of carbonyl (C=O) groups is 2. The summed E-state index contributed by atoms with van der Waals surface area (Å²) < 4.78 is 4.73. The highest BCUT2D eigenvalue weighted by molar-refractivity contribution is 5.97. The molecule has 4 nitrogen and oxygen atoms in total. The van der Waals surface area contributed by atoms with E-state index in [1.165, 1.54) is 7.11 Å². The van der Waals surface area contributed by atoms with Crippen molar-refractivity contribution in [1.82, 2.24) is 5.32 Å². The normalized spacial score (nSPS) is 11.8. The van der Waals surface area contributed by atoms with E-state index in [0.29, 0.717) is 5.56 Å². The Morgan fingerprint density at radius 2 is 1.48 bits per heavy atom. The molecule has 1 N–H and O–H groups in total. The molecule has 0 saturated heterocycles. The van der Waals surface area contributed by atoms with Crippen molar-refractivity contribution in [1.29, 1.82) is 0 Å². The molecule has 0 bridgehead atoms.